The van der Waals surface area contributed by atoms with Crippen molar-refractivity contribution in [3.8, 4) is 0 Å². The zero-order valence-electron chi connectivity index (χ0n) is 4.93. The predicted octanol–water partition coefficient (Wildman–Crippen LogP) is 0.198. The smallest absolute Gasteiger partial charge is 0.0126 e. The SMILES string of the molecule is NC/C=C(\N)C1CC1. The van der Waals surface area contributed by atoms with Crippen LogP contribution >= 0.6 is 0 Å². The first-order valence-electron chi connectivity index (χ1n) is 3.00. The van der Waals surface area contributed by atoms with Crippen molar-refractivity contribution in [2.75, 3.05) is 6.54 Å². The zero-order valence-corrected chi connectivity index (χ0v) is 4.93. The number of hydrogen-bond acceptors (Lipinski definition) is 2. The lowest BCUT2D eigenvalue weighted by Crippen LogP contribution is -2.03. The fraction of sp³-hybridized carbons (Fsp3) is 0.667. The molecular weight excluding hydrogens is 100 g/mol. The predicted molar refractivity (Wildman–Crippen MR) is 34.0 cm³/mol. The van der Waals surface area contributed by atoms with E-state index in [0.717, 1.165) is 5.70 Å². The van der Waals surface area contributed by atoms with Crippen LogP contribution < -0.4 is 11.5 Å². The summed E-state index contributed by atoms with van der Waals surface area (Å²) in [5.74, 6) is 0.679. The maximum Gasteiger partial charge on any atom is 0.0126 e. The molecule has 0 spiro atoms. The summed E-state index contributed by atoms with van der Waals surface area (Å²) in [6, 6.07) is 0. The van der Waals surface area contributed by atoms with Crippen LogP contribution in [-0.4, -0.2) is 6.54 Å². The molecule has 46 valence electrons. The van der Waals surface area contributed by atoms with Gasteiger partial charge >= 0.3 is 0 Å². The lowest BCUT2D eigenvalue weighted by Gasteiger charge is -1.92. The molecule has 0 aromatic rings. The third kappa shape index (κ3) is 1.23. The molecule has 1 aliphatic carbocycles. The lowest BCUT2D eigenvalue weighted by molar-refractivity contribution is 0.963. The molecule has 1 fully saturated rings. The normalized spacial score (nSPS) is 21.4. The number of rotatable bonds is 2. The molecule has 0 unspecified atom stereocenters. The highest BCUT2D eigenvalue weighted by atomic mass is 14.6. The van der Waals surface area contributed by atoms with Crippen LogP contribution in [0.1, 0.15) is 12.8 Å². The Morgan fingerprint density at radius 1 is 1.62 bits per heavy atom. The molecule has 0 saturated heterocycles. The lowest BCUT2D eigenvalue weighted by atomic mass is 10.3. The highest BCUT2D eigenvalue weighted by Gasteiger charge is 2.23. The molecule has 0 amide bonds. The van der Waals surface area contributed by atoms with Gasteiger partial charge in [-0.3, -0.25) is 0 Å². The number of allylic oxidation sites excluding steroid dienone is 1. The Morgan fingerprint density at radius 2 is 2.25 bits per heavy atom. The first kappa shape index (κ1) is 5.63. The van der Waals surface area contributed by atoms with Crippen LogP contribution in [0.2, 0.25) is 0 Å². The van der Waals surface area contributed by atoms with E-state index in [0.29, 0.717) is 12.5 Å². The summed E-state index contributed by atoms with van der Waals surface area (Å²) in [7, 11) is 0. The average Bonchev–Trinajstić information content (AvgIpc) is 2.45. The first-order chi connectivity index (χ1) is 3.84. The van der Waals surface area contributed by atoms with Crippen LogP contribution in [0.3, 0.4) is 0 Å². The quantitative estimate of drug-likeness (QED) is 0.536. The van der Waals surface area contributed by atoms with E-state index < -0.39 is 0 Å². The molecule has 0 heterocycles. The monoisotopic (exact) mass is 112 g/mol. The Kier molecular flexibility index (Phi) is 1.53. The van der Waals surface area contributed by atoms with Gasteiger partial charge in [-0.05, 0) is 18.8 Å². The van der Waals surface area contributed by atoms with Crippen molar-refractivity contribution < 1.29 is 0 Å². The van der Waals surface area contributed by atoms with Crippen LogP contribution in [0, 0.1) is 5.92 Å². The Hall–Kier alpha value is -0.500. The van der Waals surface area contributed by atoms with Gasteiger partial charge in [0.15, 0.2) is 0 Å². The topological polar surface area (TPSA) is 52.0 Å². The van der Waals surface area contributed by atoms with Crippen LogP contribution in [0.5, 0.6) is 0 Å². The van der Waals surface area contributed by atoms with Crippen molar-refractivity contribution in [3.63, 3.8) is 0 Å². The molecule has 1 saturated carbocycles. The maximum absolute atomic E-state index is 5.57. The van der Waals surface area contributed by atoms with Gasteiger partial charge in [0.05, 0.1) is 0 Å². The van der Waals surface area contributed by atoms with E-state index in [-0.39, 0.29) is 0 Å². The van der Waals surface area contributed by atoms with Gasteiger partial charge in [0, 0.05) is 12.2 Å². The molecule has 1 aliphatic rings. The molecule has 0 atom stereocenters. The van der Waals surface area contributed by atoms with E-state index in [1.807, 2.05) is 6.08 Å². The van der Waals surface area contributed by atoms with Crippen LogP contribution in [-0.2, 0) is 0 Å². The van der Waals surface area contributed by atoms with Crippen molar-refractivity contribution in [3.05, 3.63) is 11.8 Å². The summed E-state index contributed by atoms with van der Waals surface area (Å²) in [6.45, 7) is 0.586. The van der Waals surface area contributed by atoms with Gasteiger partial charge in [0.1, 0.15) is 0 Å². The molecule has 0 bridgehead atoms. The largest absolute Gasteiger partial charge is 0.402 e. The molecule has 0 aromatic carbocycles. The second-order valence-electron chi connectivity index (χ2n) is 2.21. The second-order valence-corrected chi connectivity index (χ2v) is 2.21. The Morgan fingerprint density at radius 3 is 2.62 bits per heavy atom. The molecule has 0 radical (unpaired) electrons. The fourth-order valence-electron chi connectivity index (χ4n) is 0.719. The minimum absolute atomic E-state index is 0.586. The number of nitrogens with two attached hydrogens (primary N) is 2. The summed E-state index contributed by atoms with van der Waals surface area (Å²) in [5.41, 5.74) is 11.8. The van der Waals surface area contributed by atoms with Crippen molar-refractivity contribution in [1.29, 1.82) is 0 Å². The number of hydrogen-bond donors (Lipinski definition) is 2. The molecule has 2 nitrogen and oxygen atoms in total. The highest BCUT2D eigenvalue weighted by molar-refractivity contribution is 5.08. The highest BCUT2D eigenvalue weighted by Crippen LogP contribution is 2.33. The summed E-state index contributed by atoms with van der Waals surface area (Å²) in [6.07, 6.45) is 4.43. The van der Waals surface area contributed by atoms with E-state index in [2.05, 4.69) is 0 Å². The third-order valence-electron chi connectivity index (χ3n) is 1.40. The Labute approximate surface area is 49.5 Å². The van der Waals surface area contributed by atoms with E-state index in [4.69, 9.17) is 11.5 Å². The molecule has 0 aliphatic heterocycles. The summed E-state index contributed by atoms with van der Waals surface area (Å²) in [5, 5.41) is 0. The van der Waals surface area contributed by atoms with Gasteiger partial charge in [-0.15, -0.1) is 0 Å². The van der Waals surface area contributed by atoms with E-state index >= 15 is 0 Å². The first-order valence-corrected chi connectivity index (χ1v) is 3.00. The van der Waals surface area contributed by atoms with Gasteiger partial charge in [-0.1, -0.05) is 6.08 Å². The summed E-state index contributed by atoms with van der Waals surface area (Å²) < 4.78 is 0. The minimum atomic E-state index is 0.586. The fourth-order valence-corrected chi connectivity index (χ4v) is 0.719. The third-order valence-corrected chi connectivity index (χ3v) is 1.40. The van der Waals surface area contributed by atoms with Gasteiger partial charge in [-0.2, -0.15) is 0 Å². The molecule has 4 N–H and O–H groups in total. The van der Waals surface area contributed by atoms with E-state index in [1.165, 1.54) is 12.8 Å². The summed E-state index contributed by atoms with van der Waals surface area (Å²) >= 11 is 0. The minimum Gasteiger partial charge on any atom is -0.402 e. The van der Waals surface area contributed by atoms with Gasteiger partial charge in [0.25, 0.3) is 0 Å². The summed E-state index contributed by atoms with van der Waals surface area (Å²) in [4.78, 5) is 0. The zero-order chi connectivity index (χ0) is 5.98. The molecule has 2 heteroatoms. The van der Waals surface area contributed by atoms with E-state index in [1.54, 1.807) is 0 Å². The van der Waals surface area contributed by atoms with Gasteiger partial charge in [0.2, 0.25) is 0 Å². The standard InChI is InChI=1S/C6H12N2/c7-4-3-6(8)5-1-2-5/h3,5H,1-2,4,7-8H2/b6-3-. The van der Waals surface area contributed by atoms with E-state index in [9.17, 15) is 0 Å². The Bertz CT molecular complexity index is 103. The average molecular weight is 112 g/mol. The molecule has 1 rings (SSSR count). The Balaban J connectivity index is 2.31. The van der Waals surface area contributed by atoms with Crippen LogP contribution in [0.4, 0.5) is 0 Å². The van der Waals surface area contributed by atoms with Crippen molar-refractivity contribution in [2.24, 2.45) is 17.4 Å². The van der Waals surface area contributed by atoms with Gasteiger partial charge in [-0.25, -0.2) is 0 Å². The van der Waals surface area contributed by atoms with Crippen molar-refractivity contribution in [1.82, 2.24) is 0 Å². The molecular formula is C6H12N2. The molecule has 8 heavy (non-hydrogen) atoms. The van der Waals surface area contributed by atoms with Crippen LogP contribution in [0.25, 0.3) is 0 Å². The van der Waals surface area contributed by atoms with Crippen LogP contribution in [0.15, 0.2) is 11.8 Å². The van der Waals surface area contributed by atoms with Gasteiger partial charge < -0.3 is 11.5 Å². The maximum atomic E-state index is 5.57. The molecule has 0 aromatic heterocycles. The van der Waals surface area contributed by atoms with Crippen molar-refractivity contribution >= 4 is 0 Å². The van der Waals surface area contributed by atoms with Crippen molar-refractivity contribution in [2.45, 2.75) is 12.8 Å². The second kappa shape index (κ2) is 2.18.